The maximum Gasteiger partial charge on any atom is 0.341 e. The molecule has 19 heavy (non-hydrogen) atoms. The Balaban J connectivity index is 2.35. The molecule has 2 rings (SSSR count). The van der Waals surface area contributed by atoms with Gasteiger partial charge in [0, 0.05) is 19.2 Å². The van der Waals surface area contributed by atoms with E-state index in [0.29, 0.717) is 0 Å². The number of ether oxygens (including phenoxy) is 1. The molecule has 0 saturated carbocycles. The Kier molecular flexibility index (Phi) is 3.46. The predicted molar refractivity (Wildman–Crippen MR) is 63.7 cm³/mol. The summed E-state index contributed by atoms with van der Waals surface area (Å²) < 4.78 is 4.61. The van der Waals surface area contributed by atoms with E-state index < -0.39 is 17.9 Å². The van der Waals surface area contributed by atoms with Gasteiger partial charge in [-0.2, -0.15) is 0 Å². The van der Waals surface area contributed by atoms with Crippen LogP contribution < -0.4 is 4.90 Å². The van der Waals surface area contributed by atoms with Gasteiger partial charge in [0.2, 0.25) is 5.91 Å². The Morgan fingerprint density at radius 1 is 1.53 bits per heavy atom. The Morgan fingerprint density at radius 2 is 2.26 bits per heavy atom. The SMILES string of the molecule is COC(=O)c1cccnc1N1CC(C(=O)O)CC1=O. The number of aromatic nitrogens is 1. The first-order valence-corrected chi connectivity index (χ1v) is 5.61. The highest BCUT2D eigenvalue weighted by molar-refractivity contribution is 6.04. The van der Waals surface area contributed by atoms with Crippen LogP contribution in [0.5, 0.6) is 0 Å². The number of pyridine rings is 1. The van der Waals surface area contributed by atoms with Crippen molar-refractivity contribution in [2.24, 2.45) is 5.92 Å². The molecular formula is C12H12N2O5. The first kappa shape index (κ1) is 13.0. The molecule has 1 fully saturated rings. The molecule has 0 radical (unpaired) electrons. The molecule has 1 aromatic rings. The van der Waals surface area contributed by atoms with Gasteiger partial charge >= 0.3 is 11.9 Å². The summed E-state index contributed by atoms with van der Waals surface area (Å²) in [6, 6.07) is 3.03. The molecule has 2 heterocycles. The average Bonchev–Trinajstić information content (AvgIpc) is 2.80. The number of carboxylic acid groups (broad SMARTS) is 1. The number of hydrogen-bond donors (Lipinski definition) is 1. The van der Waals surface area contributed by atoms with Crippen LogP contribution in [0.25, 0.3) is 0 Å². The fraction of sp³-hybridized carbons (Fsp3) is 0.333. The molecule has 0 bridgehead atoms. The number of carbonyl (C=O) groups is 3. The maximum absolute atomic E-state index is 11.8. The molecular weight excluding hydrogens is 252 g/mol. The van der Waals surface area contributed by atoms with E-state index >= 15 is 0 Å². The van der Waals surface area contributed by atoms with Crippen LogP contribution in [-0.2, 0) is 14.3 Å². The first-order valence-electron chi connectivity index (χ1n) is 5.61. The molecule has 0 aliphatic carbocycles. The standard InChI is InChI=1S/C12H12N2O5/c1-19-12(18)8-3-2-4-13-10(8)14-6-7(11(16)17)5-9(14)15/h2-4,7H,5-6H2,1H3,(H,16,17). The zero-order valence-electron chi connectivity index (χ0n) is 10.2. The molecule has 0 spiro atoms. The summed E-state index contributed by atoms with van der Waals surface area (Å²) >= 11 is 0. The van der Waals surface area contributed by atoms with Crippen molar-refractivity contribution in [2.45, 2.75) is 6.42 Å². The van der Waals surface area contributed by atoms with Gasteiger partial charge in [0.15, 0.2) is 0 Å². The lowest BCUT2D eigenvalue weighted by Crippen LogP contribution is -2.28. The smallest absolute Gasteiger partial charge is 0.341 e. The largest absolute Gasteiger partial charge is 0.481 e. The van der Waals surface area contributed by atoms with E-state index in [4.69, 9.17) is 5.11 Å². The molecule has 0 aromatic carbocycles. The van der Waals surface area contributed by atoms with Gasteiger partial charge in [0.25, 0.3) is 0 Å². The van der Waals surface area contributed by atoms with Crippen molar-refractivity contribution in [3.05, 3.63) is 23.9 Å². The third-order valence-electron chi connectivity index (χ3n) is 2.92. The van der Waals surface area contributed by atoms with E-state index in [9.17, 15) is 14.4 Å². The van der Waals surface area contributed by atoms with Crippen molar-refractivity contribution < 1.29 is 24.2 Å². The molecule has 1 aromatic heterocycles. The number of amides is 1. The Bertz CT molecular complexity index is 543. The summed E-state index contributed by atoms with van der Waals surface area (Å²) in [7, 11) is 1.23. The molecule has 1 atom stereocenters. The normalized spacial score (nSPS) is 18.5. The van der Waals surface area contributed by atoms with Crippen molar-refractivity contribution in [3.63, 3.8) is 0 Å². The first-order chi connectivity index (χ1) is 9.04. The Labute approximate surface area is 108 Å². The van der Waals surface area contributed by atoms with Gasteiger partial charge in [-0.25, -0.2) is 9.78 Å². The number of esters is 1. The highest BCUT2D eigenvalue weighted by Crippen LogP contribution is 2.26. The summed E-state index contributed by atoms with van der Waals surface area (Å²) in [6.45, 7) is 0.00910. The van der Waals surface area contributed by atoms with Gasteiger partial charge in [-0.1, -0.05) is 0 Å². The number of carbonyl (C=O) groups excluding carboxylic acids is 2. The number of methoxy groups -OCH3 is 1. The van der Waals surface area contributed by atoms with Gasteiger partial charge in [-0.05, 0) is 12.1 Å². The summed E-state index contributed by atoms with van der Waals surface area (Å²) in [6.07, 6.45) is 1.34. The van der Waals surface area contributed by atoms with Crippen molar-refractivity contribution >= 4 is 23.7 Å². The van der Waals surface area contributed by atoms with E-state index in [1.165, 1.54) is 24.3 Å². The van der Waals surface area contributed by atoms with E-state index in [0.717, 1.165) is 0 Å². The maximum atomic E-state index is 11.8. The summed E-state index contributed by atoms with van der Waals surface area (Å²) in [5.41, 5.74) is 0.143. The summed E-state index contributed by atoms with van der Waals surface area (Å²) in [5, 5.41) is 8.93. The predicted octanol–water partition coefficient (Wildman–Crippen LogP) is 0.306. The summed E-state index contributed by atoms with van der Waals surface area (Å²) in [4.78, 5) is 39.5. The molecule has 1 aliphatic rings. The minimum absolute atomic E-state index is 0.00910. The van der Waals surface area contributed by atoms with E-state index in [1.807, 2.05) is 0 Å². The molecule has 1 unspecified atom stereocenters. The minimum atomic E-state index is -1.04. The number of rotatable bonds is 3. The van der Waals surface area contributed by atoms with Crippen LogP contribution in [0.4, 0.5) is 5.82 Å². The van der Waals surface area contributed by atoms with Crippen LogP contribution in [0.2, 0.25) is 0 Å². The van der Waals surface area contributed by atoms with Crippen molar-refractivity contribution in [1.29, 1.82) is 0 Å². The average molecular weight is 264 g/mol. The lowest BCUT2D eigenvalue weighted by molar-refractivity contribution is -0.141. The third-order valence-corrected chi connectivity index (χ3v) is 2.92. The quantitative estimate of drug-likeness (QED) is 0.789. The summed E-state index contributed by atoms with van der Waals surface area (Å²) in [5.74, 6) is -2.65. The molecule has 7 nitrogen and oxygen atoms in total. The number of anilines is 1. The number of aliphatic carboxylic acids is 1. The molecule has 1 N–H and O–H groups in total. The van der Waals surface area contributed by atoms with Gasteiger partial charge in [0.05, 0.1) is 13.0 Å². The fourth-order valence-electron chi connectivity index (χ4n) is 1.96. The number of carboxylic acids is 1. The van der Waals surface area contributed by atoms with E-state index in [-0.39, 0.29) is 30.3 Å². The number of hydrogen-bond acceptors (Lipinski definition) is 5. The van der Waals surface area contributed by atoms with Crippen LogP contribution >= 0.6 is 0 Å². The zero-order chi connectivity index (χ0) is 14.0. The second-order valence-electron chi connectivity index (χ2n) is 4.11. The lowest BCUT2D eigenvalue weighted by Gasteiger charge is -2.17. The van der Waals surface area contributed by atoms with E-state index in [2.05, 4.69) is 9.72 Å². The van der Waals surface area contributed by atoms with Crippen LogP contribution in [0.15, 0.2) is 18.3 Å². The molecule has 1 saturated heterocycles. The molecule has 100 valence electrons. The highest BCUT2D eigenvalue weighted by Gasteiger charge is 2.37. The monoisotopic (exact) mass is 264 g/mol. The van der Waals surface area contributed by atoms with Crippen LogP contribution in [-0.4, -0.2) is 41.6 Å². The molecule has 1 aliphatic heterocycles. The van der Waals surface area contributed by atoms with Crippen LogP contribution in [0.3, 0.4) is 0 Å². The van der Waals surface area contributed by atoms with Crippen molar-refractivity contribution in [1.82, 2.24) is 4.98 Å². The zero-order valence-corrected chi connectivity index (χ0v) is 10.2. The topological polar surface area (TPSA) is 96.8 Å². The Hall–Kier alpha value is -2.44. The molecule has 7 heteroatoms. The Morgan fingerprint density at radius 3 is 2.84 bits per heavy atom. The third kappa shape index (κ3) is 2.40. The van der Waals surface area contributed by atoms with E-state index in [1.54, 1.807) is 6.07 Å². The fourth-order valence-corrected chi connectivity index (χ4v) is 1.96. The minimum Gasteiger partial charge on any atom is -0.481 e. The van der Waals surface area contributed by atoms with Gasteiger partial charge < -0.3 is 9.84 Å². The number of nitrogens with zero attached hydrogens (tertiary/aromatic N) is 2. The second-order valence-corrected chi connectivity index (χ2v) is 4.11. The van der Waals surface area contributed by atoms with Gasteiger partial charge in [0.1, 0.15) is 11.4 Å². The van der Waals surface area contributed by atoms with Gasteiger partial charge in [-0.15, -0.1) is 0 Å². The van der Waals surface area contributed by atoms with Gasteiger partial charge in [-0.3, -0.25) is 14.5 Å². The highest BCUT2D eigenvalue weighted by atomic mass is 16.5. The van der Waals surface area contributed by atoms with Crippen LogP contribution in [0, 0.1) is 5.92 Å². The second kappa shape index (κ2) is 5.05. The van der Waals surface area contributed by atoms with Crippen LogP contribution in [0.1, 0.15) is 16.8 Å². The molecule has 1 amide bonds. The van der Waals surface area contributed by atoms with Crippen molar-refractivity contribution in [2.75, 3.05) is 18.6 Å². The lowest BCUT2D eigenvalue weighted by atomic mass is 10.1. The van der Waals surface area contributed by atoms with Crippen molar-refractivity contribution in [3.8, 4) is 0 Å².